The van der Waals surface area contributed by atoms with Crippen molar-refractivity contribution in [1.82, 2.24) is 4.90 Å². The van der Waals surface area contributed by atoms with Gasteiger partial charge in [-0.15, -0.1) is 0 Å². The van der Waals surface area contributed by atoms with E-state index < -0.39 is 5.79 Å². The van der Waals surface area contributed by atoms with E-state index in [1.807, 2.05) is 12.1 Å². The van der Waals surface area contributed by atoms with E-state index in [0.717, 1.165) is 0 Å². The quantitative estimate of drug-likeness (QED) is 0.842. The molecule has 6 heteroatoms. The molecule has 0 saturated carbocycles. The molecule has 0 radical (unpaired) electrons. The number of methoxy groups -OCH3 is 1. The van der Waals surface area contributed by atoms with Crippen LogP contribution in [0.25, 0.3) is 0 Å². The van der Waals surface area contributed by atoms with Crippen LogP contribution in [0.3, 0.4) is 0 Å². The highest BCUT2D eigenvalue weighted by atomic mass is 16.7. The number of carbonyl (C=O) groups excluding carboxylic acids is 1. The van der Waals surface area contributed by atoms with Gasteiger partial charge in [-0.25, -0.2) is 0 Å². The number of nitrogens with zero attached hydrogens (tertiary/aromatic N) is 1. The molecule has 0 bridgehead atoms. The maximum Gasteiger partial charge on any atom is 0.260 e. The monoisotopic (exact) mass is 307 g/mol. The standard InChI is InChI=1S/C16H21NO5/c1-19-13-4-2-3-5-14(13)20-12-15(18)17-8-6-16(7-9-17)21-10-11-22-16/h2-5H,6-12H2,1H3. The molecule has 2 fully saturated rings. The molecule has 0 atom stereocenters. The first-order valence-corrected chi connectivity index (χ1v) is 7.54. The summed E-state index contributed by atoms with van der Waals surface area (Å²) in [7, 11) is 1.58. The predicted octanol–water partition coefficient (Wildman–Crippen LogP) is 1.44. The number of ether oxygens (including phenoxy) is 4. The summed E-state index contributed by atoms with van der Waals surface area (Å²) in [5, 5.41) is 0. The second kappa shape index (κ2) is 6.54. The van der Waals surface area contributed by atoms with Crippen molar-refractivity contribution in [1.29, 1.82) is 0 Å². The Hall–Kier alpha value is -1.79. The highest BCUT2D eigenvalue weighted by Crippen LogP contribution is 2.31. The van der Waals surface area contributed by atoms with Crippen LogP contribution in [0.1, 0.15) is 12.8 Å². The summed E-state index contributed by atoms with van der Waals surface area (Å²) in [6, 6.07) is 7.30. The molecular weight excluding hydrogens is 286 g/mol. The third-order valence-corrected chi connectivity index (χ3v) is 4.11. The molecule has 2 aliphatic rings. The second-order valence-corrected chi connectivity index (χ2v) is 5.43. The fourth-order valence-electron chi connectivity index (χ4n) is 2.85. The highest BCUT2D eigenvalue weighted by Gasteiger charge is 2.40. The largest absolute Gasteiger partial charge is 0.493 e. The molecular formula is C16H21NO5. The number of carbonyl (C=O) groups is 1. The topological polar surface area (TPSA) is 57.2 Å². The molecule has 2 aliphatic heterocycles. The van der Waals surface area contributed by atoms with Gasteiger partial charge in [0.25, 0.3) is 5.91 Å². The van der Waals surface area contributed by atoms with Crippen LogP contribution in [-0.2, 0) is 14.3 Å². The van der Waals surface area contributed by atoms with Gasteiger partial charge in [0.15, 0.2) is 23.9 Å². The van der Waals surface area contributed by atoms with Crippen molar-refractivity contribution in [3.05, 3.63) is 24.3 Å². The summed E-state index contributed by atoms with van der Waals surface area (Å²) >= 11 is 0. The molecule has 3 rings (SSSR count). The Morgan fingerprint density at radius 2 is 1.82 bits per heavy atom. The van der Waals surface area contributed by atoms with E-state index in [2.05, 4.69) is 0 Å². The van der Waals surface area contributed by atoms with Gasteiger partial charge in [0, 0.05) is 25.9 Å². The maximum absolute atomic E-state index is 12.3. The van der Waals surface area contributed by atoms with Crippen molar-refractivity contribution >= 4 is 5.91 Å². The molecule has 1 amide bonds. The van der Waals surface area contributed by atoms with Crippen molar-refractivity contribution in [3.63, 3.8) is 0 Å². The van der Waals surface area contributed by atoms with E-state index in [4.69, 9.17) is 18.9 Å². The average molecular weight is 307 g/mol. The molecule has 0 N–H and O–H groups in total. The number of hydrogen-bond acceptors (Lipinski definition) is 5. The average Bonchev–Trinajstić information content (AvgIpc) is 3.01. The van der Waals surface area contributed by atoms with Crippen molar-refractivity contribution in [2.24, 2.45) is 0 Å². The lowest BCUT2D eigenvalue weighted by Crippen LogP contribution is -2.48. The van der Waals surface area contributed by atoms with Gasteiger partial charge < -0.3 is 23.8 Å². The second-order valence-electron chi connectivity index (χ2n) is 5.43. The lowest BCUT2D eigenvalue weighted by Gasteiger charge is -2.37. The van der Waals surface area contributed by atoms with E-state index in [1.165, 1.54) is 0 Å². The minimum atomic E-state index is -0.458. The first-order valence-electron chi connectivity index (χ1n) is 7.54. The summed E-state index contributed by atoms with van der Waals surface area (Å²) in [5.74, 6) is 0.717. The van der Waals surface area contributed by atoms with Crippen LogP contribution in [0.2, 0.25) is 0 Å². The number of benzene rings is 1. The number of hydrogen-bond donors (Lipinski definition) is 0. The number of rotatable bonds is 4. The molecule has 120 valence electrons. The molecule has 1 aromatic rings. The van der Waals surface area contributed by atoms with E-state index in [-0.39, 0.29) is 12.5 Å². The maximum atomic E-state index is 12.3. The van der Waals surface area contributed by atoms with Gasteiger partial charge in [0.05, 0.1) is 20.3 Å². The summed E-state index contributed by atoms with van der Waals surface area (Å²) in [6.45, 7) is 2.56. The predicted molar refractivity (Wildman–Crippen MR) is 78.9 cm³/mol. The van der Waals surface area contributed by atoms with E-state index in [1.54, 1.807) is 24.1 Å². The molecule has 22 heavy (non-hydrogen) atoms. The minimum absolute atomic E-state index is 0.00902. The third-order valence-electron chi connectivity index (χ3n) is 4.11. The third kappa shape index (κ3) is 3.18. The summed E-state index contributed by atoms with van der Waals surface area (Å²) < 4.78 is 22.1. The Kier molecular flexibility index (Phi) is 4.49. The van der Waals surface area contributed by atoms with Gasteiger partial charge >= 0.3 is 0 Å². The molecule has 6 nitrogen and oxygen atoms in total. The normalized spacial score (nSPS) is 20.1. The smallest absolute Gasteiger partial charge is 0.260 e. The Labute approximate surface area is 129 Å². The van der Waals surface area contributed by atoms with Crippen LogP contribution in [0, 0.1) is 0 Å². The van der Waals surface area contributed by atoms with E-state index in [0.29, 0.717) is 50.6 Å². The van der Waals surface area contributed by atoms with Gasteiger partial charge in [-0.05, 0) is 12.1 Å². The van der Waals surface area contributed by atoms with Crippen molar-refractivity contribution < 1.29 is 23.7 Å². The van der Waals surface area contributed by atoms with Crippen LogP contribution in [0.4, 0.5) is 0 Å². The summed E-state index contributed by atoms with van der Waals surface area (Å²) in [5.41, 5.74) is 0. The molecule has 0 aromatic heterocycles. The van der Waals surface area contributed by atoms with Gasteiger partial charge in [-0.3, -0.25) is 4.79 Å². The van der Waals surface area contributed by atoms with E-state index >= 15 is 0 Å². The first-order chi connectivity index (χ1) is 10.7. The molecule has 1 aromatic carbocycles. The molecule has 2 heterocycles. The van der Waals surface area contributed by atoms with Gasteiger partial charge in [-0.1, -0.05) is 12.1 Å². The van der Waals surface area contributed by atoms with Crippen LogP contribution in [0.5, 0.6) is 11.5 Å². The molecule has 0 aliphatic carbocycles. The lowest BCUT2D eigenvalue weighted by molar-refractivity contribution is -0.187. The molecule has 2 saturated heterocycles. The van der Waals surface area contributed by atoms with Crippen molar-refractivity contribution in [2.75, 3.05) is 40.0 Å². The summed E-state index contributed by atoms with van der Waals surface area (Å²) in [6.07, 6.45) is 1.43. The van der Waals surface area contributed by atoms with Gasteiger partial charge in [-0.2, -0.15) is 0 Å². The van der Waals surface area contributed by atoms with Crippen molar-refractivity contribution in [3.8, 4) is 11.5 Å². The molecule has 0 unspecified atom stereocenters. The lowest BCUT2D eigenvalue weighted by atomic mass is 10.0. The van der Waals surface area contributed by atoms with Crippen LogP contribution < -0.4 is 9.47 Å². The number of para-hydroxylation sites is 2. The Morgan fingerprint density at radius 1 is 1.18 bits per heavy atom. The van der Waals surface area contributed by atoms with Crippen molar-refractivity contribution in [2.45, 2.75) is 18.6 Å². The number of amides is 1. The number of likely N-dealkylation sites (tertiary alicyclic amines) is 1. The highest BCUT2D eigenvalue weighted by molar-refractivity contribution is 5.78. The van der Waals surface area contributed by atoms with Gasteiger partial charge in [0.2, 0.25) is 0 Å². The fraction of sp³-hybridized carbons (Fsp3) is 0.562. The zero-order chi connectivity index (χ0) is 15.4. The SMILES string of the molecule is COc1ccccc1OCC(=O)N1CCC2(CC1)OCCO2. The Bertz CT molecular complexity index is 517. The zero-order valence-electron chi connectivity index (χ0n) is 12.7. The zero-order valence-corrected chi connectivity index (χ0v) is 12.7. The van der Waals surface area contributed by atoms with Crippen LogP contribution in [-0.4, -0.2) is 56.6 Å². The van der Waals surface area contributed by atoms with Crippen LogP contribution in [0.15, 0.2) is 24.3 Å². The Morgan fingerprint density at radius 3 is 2.45 bits per heavy atom. The molecule has 1 spiro atoms. The first kappa shape index (κ1) is 15.1. The van der Waals surface area contributed by atoms with Crippen LogP contribution >= 0.6 is 0 Å². The fourth-order valence-corrected chi connectivity index (χ4v) is 2.85. The van der Waals surface area contributed by atoms with E-state index in [9.17, 15) is 4.79 Å². The number of piperidine rings is 1. The minimum Gasteiger partial charge on any atom is -0.493 e. The summed E-state index contributed by atoms with van der Waals surface area (Å²) in [4.78, 5) is 14.1. The van der Waals surface area contributed by atoms with Gasteiger partial charge in [0.1, 0.15) is 0 Å². The Balaban J connectivity index is 1.50.